The number of hydrogen-bond donors (Lipinski definition) is 1. The van der Waals surface area contributed by atoms with E-state index in [0.29, 0.717) is 13.0 Å². The first kappa shape index (κ1) is 18.0. The van der Waals surface area contributed by atoms with Gasteiger partial charge in [-0.2, -0.15) is 13.2 Å². The standard InChI is InChI=1S/C16H23F4N/c1-2-3-6-15(13-7-9-14(17)10-8-13)21-12-5-4-11-16(18,19)20/h7-10,15,21H,2-6,11-12H2,1H3. The van der Waals surface area contributed by atoms with Crippen molar-refractivity contribution in [2.75, 3.05) is 6.54 Å². The van der Waals surface area contributed by atoms with E-state index in [4.69, 9.17) is 0 Å². The molecule has 1 atom stereocenters. The summed E-state index contributed by atoms with van der Waals surface area (Å²) >= 11 is 0. The van der Waals surface area contributed by atoms with Gasteiger partial charge in [-0.25, -0.2) is 4.39 Å². The fraction of sp³-hybridized carbons (Fsp3) is 0.625. The lowest BCUT2D eigenvalue weighted by Crippen LogP contribution is -2.23. The smallest absolute Gasteiger partial charge is 0.310 e. The molecule has 120 valence electrons. The Labute approximate surface area is 123 Å². The Bertz CT molecular complexity index is 386. The molecule has 0 bridgehead atoms. The highest BCUT2D eigenvalue weighted by atomic mass is 19.4. The number of halogens is 4. The zero-order valence-corrected chi connectivity index (χ0v) is 12.3. The monoisotopic (exact) mass is 305 g/mol. The number of nitrogens with one attached hydrogen (secondary N) is 1. The van der Waals surface area contributed by atoms with Gasteiger partial charge >= 0.3 is 6.18 Å². The van der Waals surface area contributed by atoms with Gasteiger partial charge < -0.3 is 5.32 Å². The summed E-state index contributed by atoms with van der Waals surface area (Å²) < 4.78 is 49.1. The predicted octanol–water partition coefficient (Wildman–Crippen LogP) is 5.38. The Hall–Kier alpha value is -1.10. The van der Waals surface area contributed by atoms with E-state index in [9.17, 15) is 17.6 Å². The van der Waals surface area contributed by atoms with Crippen LogP contribution < -0.4 is 5.32 Å². The number of alkyl halides is 3. The van der Waals surface area contributed by atoms with Crippen molar-refractivity contribution in [3.05, 3.63) is 35.6 Å². The minimum atomic E-state index is -4.07. The second-order valence-corrected chi connectivity index (χ2v) is 5.27. The first-order valence-electron chi connectivity index (χ1n) is 7.48. The molecule has 0 amide bonds. The Morgan fingerprint density at radius 1 is 1.05 bits per heavy atom. The average Bonchev–Trinajstić information content (AvgIpc) is 2.42. The average molecular weight is 305 g/mol. The number of hydrogen-bond acceptors (Lipinski definition) is 1. The lowest BCUT2D eigenvalue weighted by Gasteiger charge is -2.19. The summed E-state index contributed by atoms with van der Waals surface area (Å²) in [5.74, 6) is -0.279. The van der Waals surface area contributed by atoms with E-state index in [0.717, 1.165) is 24.8 Å². The zero-order chi connectivity index (χ0) is 15.7. The molecule has 0 aliphatic heterocycles. The molecule has 0 aromatic heterocycles. The van der Waals surface area contributed by atoms with Crippen molar-refractivity contribution in [3.8, 4) is 0 Å². The molecule has 1 unspecified atom stereocenters. The summed E-state index contributed by atoms with van der Waals surface area (Å²) in [4.78, 5) is 0. The van der Waals surface area contributed by atoms with E-state index in [2.05, 4.69) is 12.2 Å². The zero-order valence-electron chi connectivity index (χ0n) is 12.3. The van der Waals surface area contributed by atoms with E-state index in [1.54, 1.807) is 12.1 Å². The van der Waals surface area contributed by atoms with Crippen molar-refractivity contribution in [3.63, 3.8) is 0 Å². The van der Waals surface area contributed by atoms with Crippen LogP contribution in [0.5, 0.6) is 0 Å². The third-order valence-corrected chi connectivity index (χ3v) is 3.40. The van der Waals surface area contributed by atoms with Crippen molar-refractivity contribution >= 4 is 0 Å². The number of unbranched alkanes of at least 4 members (excludes halogenated alkanes) is 2. The third-order valence-electron chi connectivity index (χ3n) is 3.40. The van der Waals surface area contributed by atoms with E-state index in [1.165, 1.54) is 12.1 Å². The topological polar surface area (TPSA) is 12.0 Å². The summed E-state index contributed by atoms with van der Waals surface area (Å²) in [7, 11) is 0. The first-order chi connectivity index (χ1) is 9.92. The predicted molar refractivity (Wildman–Crippen MR) is 76.6 cm³/mol. The largest absolute Gasteiger partial charge is 0.389 e. The highest BCUT2D eigenvalue weighted by molar-refractivity contribution is 5.19. The van der Waals surface area contributed by atoms with Gasteiger partial charge in [0.1, 0.15) is 5.82 Å². The molecular weight excluding hydrogens is 282 g/mol. The minimum absolute atomic E-state index is 0.0800. The van der Waals surface area contributed by atoms with Crippen LogP contribution in [0.15, 0.2) is 24.3 Å². The van der Waals surface area contributed by atoms with Gasteiger partial charge in [0.25, 0.3) is 0 Å². The first-order valence-corrected chi connectivity index (χ1v) is 7.48. The summed E-state index contributed by atoms with van der Waals surface area (Å²) in [5.41, 5.74) is 0.987. The van der Waals surface area contributed by atoms with Crippen LogP contribution in [0.1, 0.15) is 57.1 Å². The van der Waals surface area contributed by atoms with Crippen molar-refractivity contribution in [2.45, 2.75) is 57.7 Å². The number of rotatable bonds is 9. The van der Waals surface area contributed by atoms with E-state index < -0.39 is 12.6 Å². The van der Waals surface area contributed by atoms with Crippen molar-refractivity contribution in [1.82, 2.24) is 5.32 Å². The van der Waals surface area contributed by atoms with Crippen molar-refractivity contribution in [2.24, 2.45) is 0 Å². The molecule has 1 aromatic rings. The SMILES string of the molecule is CCCCC(NCCCCC(F)(F)F)c1ccc(F)cc1. The molecule has 0 heterocycles. The second kappa shape index (κ2) is 9.03. The van der Waals surface area contributed by atoms with Crippen LogP contribution in [0.25, 0.3) is 0 Å². The van der Waals surface area contributed by atoms with Crippen molar-refractivity contribution < 1.29 is 17.6 Å². The molecule has 1 aromatic carbocycles. The molecule has 1 rings (SSSR count). The molecule has 0 aliphatic carbocycles. The Morgan fingerprint density at radius 2 is 1.71 bits per heavy atom. The highest BCUT2D eigenvalue weighted by Crippen LogP contribution is 2.23. The molecule has 0 aliphatic rings. The van der Waals surface area contributed by atoms with Gasteiger partial charge in [-0.05, 0) is 43.5 Å². The molecule has 5 heteroatoms. The number of benzene rings is 1. The van der Waals surface area contributed by atoms with E-state index in [-0.39, 0.29) is 18.3 Å². The van der Waals surface area contributed by atoms with Gasteiger partial charge in [0.05, 0.1) is 0 Å². The van der Waals surface area contributed by atoms with Crippen LogP contribution >= 0.6 is 0 Å². The second-order valence-electron chi connectivity index (χ2n) is 5.27. The van der Waals surface area contributed by atoms with Gasteiger partial charge in [-0.15, -0.1) is 0 Å². The molecule has 0 saturated carbocycles. The van der Waals surface area contributed by atoms with Crippen molar-refractivity contribution in [1.29, 1.82) is 0 Å². The lowest BCUT2D eigenvalue weighted by molar-refractivity contribution is -0.135. The summed E-state index contributed by atoms with van der Waals surface area (Å²) in [6, 6.07) is 6.38. The highest BCUT2D eigenvalue weighted by Gasteiger charge is 2.25. The molecule has 0 spiro atoms. The molecule has 0 fully saturated rings. The van der Waals surface area contributed by atoms with Gasteiger partial charge in [-0.3, -0.25) is 0 Å². The fourth-order valence-corrected chi connectivity index (χ4v) is 2.22. The van der Waals surface area contributed by atoms with E-state index >= 15 is 0 Å². The molecular formula is C16H23F4N. The Morgan fingerprint density at radius 3 is 2.29 bits per heavy atom. The summed E-state index contributed by atoms with van der Waals surface area (Å²) in [5, 5.41) is 3.29. The lowest BCUT2D eigenvalue weighted by atomic mass is 10.0. The van der Waals surface area contributed by atoms with Crippen LogP contribution in [0.2, 0.25) is 0 Å². The summed E-state index contributed by atoms with van der Waals surface area (Å²) in [6.45, 7) is 2.63. The van der Waals surface area contributed by atoms with Gasteiger partial charge in [0.15, 0.2) is 0 Å². The minimum Gasteiger partial charge on any atom is -0.310 e. The fourth-order valence-electron chi connectivity index (χ4n) is 2.22. The molecule has 0 saturated heterocycles. The van der Waals surface area contributed by atoms with Crippen LogP contribution in [0.3, 0.4) is 0 Å². The van der Waals surface area contributed by atoms with Gasteiger partial charge in [0, 0.05) is 12.5 Å². The maximum atomic E-state index is 12.9. The Kier molecular flexibility index (Phi) is 7.72. The van der Waals surface area contributed by atoms with E-state index in [1.807, 2.05) is 0 Å². The maximum absolute atomic E-state index is 12.9. The molecule has 21 heavy (non-hydrogen) atoms. The van der Waals surface area contributed by atoms with Crippen LogP contribution in [-0.2, 0) is 0 Å². The van der Waals surface area contributed by atoms with Crippen LogP contribution in [-0.4, -0.2) is 12.7 Å². The van der Waals surface area contributed by atoms with Gasteiger partial charge in [-0.1, -0.05) is 31.9 Å². The molecule has 1 nitrogen and oxygen atoms in total. The Balaban J connectivity index is 2.41. The van der Waals surface area contributed by atoms with Crippen LogP contribution in [0, 0.1) is 5.82 Å². The maximum Gasteiger partial charge on any atom is 0.389 e. The summed E-state index contributed by atoms with van der Waals surface area (Å²) in [6.07, 6.45) is -1.19. The molecule has 1 N–H and O–H groups in total. The molecule has 0 radical (unpaired) electrons. The normalized spacial score (nSPS) is 13.4. The van der Waals surface area contributed by atoms with Gasteiger partial charge in [0.2, 0.25) is 0 Å². The van der Waals surface area contributed by atoms with Crippen LogP contribution in [0.4, 0.5) is 17.6 Å². The quantitative estimate of drug-likeness (QED) is 0.477. The third kappa shape index (κ3) is 8.05.